The van der Waals surface area contributed by atoms with Crippen molar-refractivity contribution in [1.82, 2.24) is 20.2 Å². The molecule has 0 aliphatic carbocycles. The van der Waals surface area contributed by atoms with Crippen molar-refractivity contribution in [3.63, 3.8) is 0 Å². The Bertz CT molecular complexity index is 818. The van der Waals surface area contributed by atoms with Crippen molar-refractivity contribution in [2.75, 3.05) is 5.73 Å². The summed E-state index contributed by atoms with van der Waals surface area (Å²) in [7, 11) is 0. The van der Waals surface area contributed by atoms with Gasteiger partial charge in [0.15, 0.2) is 5.82 Å². The minimum absolute atomic E-state index is 0.108. The minimum Gasteiger partial charge on any atom is -0.399 e. The lowest BCUT2D eigenvalue weighted by Crippen LogP contribution is -2.03. The number of anilines is 1. The van der Waals surface area contributed by atoms with Crippen molar-refractivity contribution < 1.29 is 8.78 Å². The Morgan fingerprint density at radius 1 is 1.10 bits per heavy atom. The predicted molar refractivity (Wildman–Crippen MR) is 73.9 cm³/mol. The van der Waals surface area contributed by atoms with Crippen LogP contribution in [0, 0.1) is 11.6 Å². The molecular formula is C13H8ClF2N5. The summed E-state index contributed by atoms with van der Waals surface area (Å²) in [6, 6.07) is 7.76. The second-order valence-corrected chi connectivity index (χ2v) is 4.66. The van der Waals surface area contributed by atoms with Crippen molar-refractivity contribution in [3.8, 4) is 17.1 Å². The molecule has 1 aromatic heterocycles. The molecule has 0 saturated carbocycles. The molecule has 2 N–H and O–H groups in total. The summed E-state index contributed by atoms with van der Waals surface area (Å²) in [5, 5.41) is 11.3. The van der Waals surface area contributed by atoms with Crippen LogP contribution >= 0.6 is 11.6 Å². The standard InChI is InChI=1S/C13H8ClF2N5/c14-10-6-8(17)2-3-9(10)13-18-19-20-21(13)12-5-7(15)1-4-11(12)16/h1-6H,17H2. The van der Waals surface area contributed by atoms with Gasteiger partial charge in [-0.15, -0.1) is 5.10 Å². The van der Waals surface area contributed by atoms with E-state index in [0.717, 1.165) is 22.9 Å². The fourth-order valence-electron chi connectivity index (χ4n) is 1.88. The lowest BCUT2D eigenvalue weighted by atomic mass is 10.2. The molecule has 8 heteroatoms. The third-order valence-corrected chi connectivity index (χ3v) is 3.15. The number of hydrogen-bond acceptors (Lipinski definition) is 4. The summed E-state index contributed by atoms with van der Waals surface area (Å²) >= 11 is 6.09. The number of benzene rings is 2. The summed E-state index contributed by atoms with van der Waals surface area (Å²) in [4.78, 5) is 0. The number of aromatic nitrogens is 4. The summed E-state index contributed by atoms with van der Waals surface area (Å²) in [6.45, 7) is 0. The molecule has 0 radical (unpaired) electrons. The highest BCUT2D eigenvalue weighted by Gasteiger charge is 2.17. The zero-order chi connectivity index (χ0) is 15.0. The van der Waals surface area contributed by atoms with Gasteiger partial charge in [-0.3, -0.25) is 0 Å². The molecule has 0 bridgehead atoms. The molecule has 0 saturated heterocycles. The summed E-state index contributed by atoms with van der Waals surface area (Å²) in [5.41, 5.74) is 6.44. The van der Waals surface area contributed by atoms with Crippen molar-refractivity contribution in [2.45, 2.75) is 0 Å². The van der Waals surface area contributed by atoms with Crippen LogP contribution in [-0.2, 0) is 0 Å². The van der Waals surface area contributed by atoms with Crippen LogP contribution in [0.1, 0.15) is 0 Å². The van der Waals surface area contributed by atoms with E-state index in [4.69, 9.17) is 17.3 Å². The first-order valence-electron chi connectivity index (χ1n) is 5.85. The maximum Gasteiger partial charge on any atom is 0.188 e. The summed E-state index contributed by atoms with van der Waals surface area (Å²) in [6.07, 6.45) is 0. The number of tetrazole rings is 1. The Hall–Kier alpha value is -2.54. The molecule has 3 aromatic rings. The zero-order valence-corrected chi connectivity index (χ0v) is 11.2. The van der Waals surface area contributed by atoms with E-state index < -0.39 is 11.6 Å². The molecule has 0 aliphatic heterocycles. The fraction of sp³-hybridized carbons (Fsp3) is 0. The fourth-order valence-corrected chi connectivity index (χ4v) is 2.15. The third kappa shape index (κ3) is 2.43. The van der Waals surface area contributed by atoms with Gasteiger partial charge in [0.25, 0.3) is 0 Å². The van der Waals surface area contributed by atoms with Crippen LogP contribution in [0.3, 0.4) is 0 Å². The molecule has 106 valence electrons. The van der Waals surface area contributed by atoms with E-state index >= 15 is 0 Å². The van der Waals surface area contributed by atoms with Crippen molar-refractivity contribution in [3.05, 3.63) is 53.1 Å². The molecule has 21 heavy (non-hydrogen) atoms. The lowest BCUT2D eigenvalue weighted by molar-refractivity contribution is 0.584. The second kappa shape index (κ2) is 5.10. The first-order chi connectivity index (χ1) is 10.1. The van der Waals surface area contributed by atoms with Crippen LogP contribution in [0.15, 0.2) is 36.4 Å². The number of halogens is 3. The van der Waals surface area contributed by atoms with Gasteiger partial charge in [-0.25, -0.2) is 8.78 Å². The molecule has 5 nitrogen and oxygen atoms in total. The van der Waals surface area contributed by atoms with Crippen molar-refractivity contribution in [1.29, 1.82) is 0 Å². The highest BCUT2D eigenvalue weighted by Crippen LogP contribution is 2.29. The first-order valence-corrected chi connectivity index (χ1v) is 6.23. The highest BCUT2D eigenvalue weighted by atomic mass is 35.5. The van der Waals surface area contributed by atoms with Gasteiger partial charge in [0, 0.05) is 17.3 Å². The highest BCUT2D eigenvalue weighted by molar-refractivity contribution is 6.33. The van der Waals surface area contributed by atoms with Crippen LogP contribution < -0.4 is 5.73 Å². The number of nitrogens with zero attached hydrogens (tertiary/aromatic N) is 4. The molecule has 0 spiro atoms. The van der Waals surface area contributed by atoms with Gasteiger partial charge in [0.2, 0.25) is 0 Å². The van der Waals surface area contributed by atoms with Gasteiger partial charge in [0.1, 0.15) is 17.3 Å². The number of hydrogen-bond donors (Lipinski definition) is 1. The van der Waals surface area contributed by atoms with E-state index in [-0.39, 0.29) is 11.5 Å². The predicted octanol–water partition coefficient (Wildman–Crippen LogP) is 2.84. The Kier molecular flexibility index (Phi) is 3.26. The summed E-state index contributed by atoms with van der Waals surface area (Å²) < 4.78 is 28.3. The minimum atomic E-state index is -0.656. The van der Waals surface area contributed by atoms with Gasteiger partial charge in [-0.1, -0.05) is 11.6 Å². The maximum atomic E-state index is 13.9. The Morgan fingerprint density at radius 3 is 2.67 bits per heavy atom. The van der Waals surface area contributed by atoms with Crippen molar-refractivity contribution >= 4 is 17.3 Å². The van der Waals surface area contributed by atoms with Crippen LogP contribution in [0.4, 0.5) is 14.5 Å². The monoisotopic (exact) mass is 307 g/mol. The normalized spacial score (nSPS) is 10.8. The lowest BCUT2D eigenvalue weighted by Gasteiger charge is -2.07. The molecule has 1 heterocycles. The average Bonchev–Trinajstić information content (AvgIpc) is 2.90. The average molecular weight is 308 g/mol. The van der Waals surface area contributed by atoms with Crippen LogP contribution in [0.2, 0.25) is 5.02 Å². The Balaban J connectivity index is 2.19. The molecule has 0 unspecified atom stereocenters. The SMILES string of the molecule is Nc1ccc(-c2nnnn2-c2cc(F)ccc2F)c(Cl)c1. The topological polar surface area (TPSA) is 69.6 Å². The van der Waals surface area contributed by atoms with Crippen LogP contribution in [0.5, 0.6) is 0 Å². The third-order valence-electron chi connectivity index (χ3n) is 2.84. The Morgan fingerprint density at radius 2 is 1.90 bits per heavy atom. The first kappa shape index (κ1) is 13.4. The molecule has 0 atom stereocenters. The summed E-state index contributed by atoms with van der Waals surface area (Å²) in [5.74, 6) is -1.07. The van der Waals surface area contributed by atoms with Gasteiger partial charge < -0.3 is 5.73 Å². The van der Waals surface area contributed by atoms with Crippen molar-refractivity contribution in [2.24, 2.45) is 0 Å². The largest absolute Gasteiger partial charge is 0.399 e. The molecule has 0 aliphatic rings. The number of nitrogen functional groups attached to an aromatic ring is 1. The number of nitrogens with two attached hydrogens (primary N) is 1. The molecule has 3 rings (SSSR count). The van der Waals surface area contributed by atoms with E-state index in [2.05, 4.69) is 15.5 Å². The maximum absolute atomic E-state index is 13.9. The van der Waals surface area contributed by atoms with E-state index in [0.29, 0.717) is 16.3 Å². The molecular weight excluding hydrogens is 300 g/mol. The smallest absolute Gasteiger partial charge is 0.188 e. The van der Waals surface area contributed by atoms with Gasteiger partial charge in [0.05, 0.1) is 5.02 Å². The zero-order valence-electron chi connectivity index (χ0n) is 10.5. The van der Waals surface area contributed by atoms with E-state index in [9.17, 15) is 8.78 Å². The molecule has 0 fully saturated rings. The number of rotatable bonds is 2. The van der Waals surface area contributed by atoms with Gasteiger partial charge >= 0.3 is 0 Å². The van der Waals surface area contributed by atoms with E-state index in [1.165, 1.54) is 6.07 Å². The van der Waals surface area contributed by atoms with Crippen LogP contribution in [-0.4, -0.2) is 20.2 Å². The Labute approximate surface area is 123 Å². The van der Waals surface area contributed by atoms with Crippen LogP contribution in [0.25, 0.3) is 17.1 Å². The second-order valence-electron chi connectivity index (χ2n) is 4.25. The van der Waals surface area contributed by atoms with Gasteiger partial charge in [-0.05, 0) is 40.8 Å². The molecule has 0 amide bonds. The molecule has 2 aromatic carbocycles. The quantitative estimate of drug-likeness (QED) is 0.739. The van der Waals surface area contributed by atoms with E-state index in [1.54, 1.807) is 12.1 Å². The van der Waals surface area contributed by atoms with Gasteiger partial charge in [-0.2, -0.15) is 4.68 Å². The van der Waals surface area contributed by atoms with E-state index in [1.807, 2.05) is 0 Å².